The summed E-state index contributed by atoms with van der Waals surface area (Å²) >= 11 is 12.3. The lowest BCUT2D eigenvalue weighted by Crippen LogP contribution is -2.44. The number of nitrogens with one attached hydrogen (secondary N) is 1. The highest BCUT2D eigenvalue weighted by molar-refractivity contribution is 6.35. The highest BCUT2D eigenvalue weighted by atomic mass is 35.5. The van der Waals surface area contributed by atoms with Crippen LogP contribution in [0, 0.1) is 0 Å². The molecule has 16 heavy (non-hydrogen) atoms. The molecule has 1 aromatic heterocycles. The van der Waals surface area contributed by atoms with E-state index in [9.17, 15) is 0 Å². The van der Waals surface area contributed by atoms with Crippen LogP contribution in [0.25, 0.3) is 0 Å². The summed E-state index contributed by atoms with van der Waals surface area (Å²) in [6, 6.07) is 0.241. The van der Waals surface area contributed by atoms with Crippen LogP contribution in [0.3, 0.4) is 0 Å². The summed E-state index contributed by atoms with van der Waals surface area (Å²) in [5, 5.41) is 4.63. The topological polar surface area (TPSA) is 28.2 Å². The smallest absolute Gasteiger partial charge is 0.0652 e. The van der Waals surface area contributed by atoms with Gasteiger partial charge in [0.15, 0.2) is 0 Å². The zero-order valence-corrected chi connectivity index (χ0v) is 10.7. The Bertz CT molecular complexity index is 344. The summed E-state index contributed by atoms with van der Waals surface area (Å²) in [6.07, 6.45) is 3.31. The van der Waals surface area contributed by atoms with Gasteiger partial charge in [0.1, 0.15) is 0 Å². The molecule has 0 bridgehead atoms. The monoisotopic (exact) mass is 259 g/mol. The van der Waals surface area contributed by atoms with Gasteiger partial charge in [-0.05, 0) is 6.92 Å². The molecule has 1 aliphatic rings. The van der Waals surface area contributed by atoms with Gasteiger partial charge in [0.2, 0.25) is 0 Å². The summed E-state index contributed by atoms with van der Waals surface area (Å²) in [5.74, 6) is 0. The first kappa shape index (κ1) is 12.1. The van der Waals surface area contributed by atoms with E-state index >= 15 is 0 Å². The van der Waals surface area contributed by atoms with Crippen molar-refractivity contribution in [2.75, 3.05) is 26.2 Å². The van der Waals surface area contributed by atoms with E-state index in [4.69, 9.17) is 23.2 Å². The minimum absolute atomic E-state index is 0.241. The standard InChI is InChI=1S/C11H15Cl2N3/c1-8(16-4-2-14-3-5-16)11-9(12)6-15-7-10(11)13/h6-8,14H,2-5H2,1H3/t8-/m0/s1. The molecule has 0 unspecified atom stereocenters. The number of hydrogen-bond acceptors (Lipinski definition) is 3. The summed E-state index contributed by atoms with van der Waals surface area (Å²) in [7, 11) is 0. The second kappa shape index (κ2) is 5.32. The quantitative estimate of drug-likeness (QED) is 0.884. The molecule has 3 nitrogen and oxygen atoms in total. The Kier molecular flexibility index (Phi) is 4.03. The van der Waals surface area contributed by atoms with Crippen LogP contribution in [-0.4, -0.2) is 36.1 Å². The Morgan fingerprint density at radius 1 is 1.25 bits per heavy atom. The van der Waals surface area contributed by atoms with Crippen molar-refractivity contribution in [1.29, 1.82) is 0 Å². The van der Waals surface area contributed by atoms with E-state index in [0.29, 0.717) is 10.0 Å². The fourth-order valence-corrected chi connectivity index (χ4v) is 2.75. The Hall–Kier alpha value is -0.350. The van der Waals surface area contributed by atoms with Gasteiger partial charge in [0, 0.05) is 50.2 Å². The maximum atomic E-state index is 6.15. The van der Waals surface area contributed by atoms with Crippen molar-refractivity contribution in [1.82, 2.24) is 15.2 Å². The van der Waals surface area contributed by atoms with Crippen molar-refractivity contribution >= 4 is 23.2 Å². The molecule has 0 saturated carbocycles. The predicted molar refractivity (Wildman–Crippen MR) is 67.1 cm³/mol. The molecular weight excluding hydrogens is 245 g/mol. The van der Waals surface area contributed by atoms with Gasteiger partial charge < -0.3 is 5.32 Å². The van der Waals surface area contributed by atoms with Gasteiger partial charge in [-0.2, -0.15) is 0 Å². The van der Waals surface area contributed by atoms with Gasteiger partial charge in [-0.1, -0.05) is 23.2 Å². The van der Waals surface area contributed by atoms with Gasteiger partial charge in [0.05, 0.1) is 10.0 Å². The average molecular weight is 260 g/mol. The minimum atomic E-state index is 0.241. The number of halogens is 2. The maximum Gasteiger partial charge on any atom is 0.0652 e. The molecule has 5 heteroatoms. The van der Waals surface area contributed by atoms with E-state index < -0.39 is 0 Å². The third-order valence-electron chi connectivity index (χ3n) is 3.01. The van der Waals surface area contributed by atoms with Crippen molar-refractivity contribution in [3.8, 4) is 0 Å². The number of hydrogen-bond donors (Lipinski definition) is 1. The average Bonchev–Trinajstić information content (AvgIpc) is 2.30. The van der Waals surface area contributed by atoms with Gasteiger partial charge in [-0.3, -0.25) is 9.88 Å². The number of piperazine rings is 1. The SMILES string of the molecule is C[C@@H](c1c(Cl)cncc1Cl)N1CCNCC1. The van der Waals surface area contributed by atoms with Crippen molar-refractivity contribution < 1.29 is 0 Å². The number of aromatic nitrogens is 1. The molecule has 1 N–H and O–H groups in total. The Morgan fingerprint density at radius 3 is 2.38 bits per heavy atom. The number of nitrogens with zero attached hydrogens (tertiary/aromatic N) is 2. The van der Waals surface area contributed by atoms with E-state index in [1.54, 1.807) is 12.4 Å². The fraction of sp³-hybridized carbons (Fsp3) is 0.545. The lowest BCUT2D eigenvalue weighted by Gasteiger charge is -2.33. The molecule has 0 aromatic carbocycles. The molecule has 1 fully saturated rings. The van der Waals surface area contributed by atoms with Crippen LogP contribution in [0.4, 0.5) is 0 Å². The zero-order valence-electron chi connectivity index (χ0n) is 9.21. The van der Waals surface area contributed by atoms with Gasteiger partial charge in [-0.15, -0.1) is 0 Å². The van der Waals surface area contributed by atoms with Crippen LogP contribution in [0.2, 0.25) is 10.0 Å². The third kappa shape index (κ3) is 2.48. The molecule has 1 atom stereocenters. The summed E-state index contributed by atoms with van der Waals surface area (Å²) in [5.41, 5.74) is 0.986. The van der Waals surface area contributed by atoms with Crippen LogP contribution >= 0.6 is 23.2 Å². The van der Waals surface area contributed by atoms with E-state index in [1.807, 2.05) is 0 Å². The summed E-state index contributed by atoms with van der Waals surface area (Å²) in [4.78, 5) is 6.36. The molecule has 1 aromatic rings. The second-order valence-electron chi connectivity index (χ2n) is 3.98. The van der Waals surface area contributed by atoms with Crippen molar-refractivity contribution in [2.45, 2.75) is 13.0 Å². The van der Waals surface area contributed by atoms with Gasteiger partial charge in [0.25, 0.3) is 0 Å². The summed E-state index contributed by atoms with van der Waals surface area (Å²) < 4.78 is 0. The minimum Gasteiger partial charge on any atom is -0.314 e. The van der Waals surface area contributed by atoms with Crippen LogP contribution in [-0.2, 0) is 0 Å². The van der Waals surface area contributed by atoms with Crippen LogP contribution < -0.4 is 5.32 Å². The Balaban J connectivity index is 2.22. The highest BCUT2D eigenvalue weighted by Crippen LogP contribution is 2.32. The number of pyridine rings is 1. The van der Waals surface area contributed by atoms with Gasteiger partial charge in [-0.25, -0.2) is 0 Å². The third-order valence-corrected chi connectivity index (χ3v) is 3.61. The molecule has 1 aliphatic heterocycles. The molecule has 2 heterocycles. The molecule has 1 saturated heterocycles. The van der Waals surface area contributed by atoms with Crippen molar-refractivity contribution in [2.24, 2.45) is 0 Å². The Morgan fingerprint density at radius 2 is 1.81 bits per heavy atom. The van der Waals surface area contributed by atoms with E-state index in [1.165, 1.54) is 0 Å². The maximum absolute atomic E-state index is 6.15. The van der Waals surface area contributed by atoms with Crippen molar-refractivity contribution in [3.05, 3.63) is 28.0 Å². The van der Waals surface area contributed by atoms with E-state index in [0.717, 1.165) is 31.7 Å². The fourth-order valence-electron chi connectivity index (χ4n) is 2.07. The normalized spacial score (nSPS) is 19.7. The first-order chi connectivity index (χ1) is 7.70. The lowest BCUT2D eigenvalue weighted by atomic mass is 10.1. The van der Waals surface area contributed by atoms with Crippen LogP contribution in [0.5, 0.6) is 0 Å². The van der Waals surface area contributed by atoms with Crippen LogP contribution in [0.1, 0.15) is 18.5 Å². The molecule has 0 radical (unpaired) electrons. The zero-order chi connectivity index (χ0) is 11.5. The largest absolute Gasteiger partial charge is 0.314 e. The first-order valence-corrected chi connectivity index (χ1v) is 6.19. The Labute approximate surface area is 106 Å². The van der Waals surface area contributed by atoms with Gasteiger partial charge >= 0.3 is 0 Å². The molecule has 0 amide bonds. The summed E-state index contributed by atoms with van der Waals surface area (Å²) in [6.45, 7) is 6.22. The first-order valence-electron chi connectivity index (χ1n) is 5.44. The molecular formula is C11H15Cl2N3. The van der Waals surface area contributed by atoms with Crippen molar-refractivity contribution in [3.63, 3.8) is 0 Å². The second-order valence-corrected chi connectivity index (χ2v) is 4.79. The molecule has 88 valence electrons. The highest BCUT2D eigenvalue weighted by Gasteiger charge is 2.22. The predicted octanol–water partition coefficient (Wildman–Crippen LogP) is 2.35. The molecule has 2 rings (SSSR count). The van der Waals surface area contributed by atoms with Crippen LogP contribution in [0.15, 0.2) is 12.4 Å². The van der Waals surface area contributed by atoms with E-state index in [-0.39, 0.29) is 6.04 Å². The molecule has 0 spiro atoms. The van der Waals surface area contributed by atoms with E-state index in [2.05, 4.69) is 22.1 Å². The molecule has 0 aliphatic carbocycles. The number of rotatable bonds is 2. The lowest BCUT2D eigenvalue weighted by molar-refractivity contribution is 0.185.